The molecule has 2 rings (SSSR count). The summed E-state index contributed by atoms with van der Waals surface area (Å²) in [6.45, 7) is 2.09. The Kier molecular flexibility index (Phi) is 4.80. The molecule has 0 spiro atoms. The van der Waals surface area contributed by atoms with Gasteiger partial charge in [0.2, 0.25) is 6.29 Å². The number of ether oxygens (including phenoxy) is 2. The smallest absolute Gasteiger partial charge is 0.315 e. The molecule has 1 N–H and O–H groups in total. The third-order valence-electron chi connectivity index (χ3n) is 3.49. The summed E-state index contributed by atoms with van der Waals surface area (Å²) in [5.41, 5.74) is -0.714. The van der Waals surface area contributed by atoms with E-state index in [0.29, 0.717) is 6.42 Å². The van der Waals surface area contributed by atoms with Gasteiger partial charge in [-0.3, -0.25) is 19.4 Å². The van der Waals surface area contributed by atoms with Crippen molar-refractivity contribution in [1.82, 2.24) is 10.2 Å². The molecule has 0 unspecified atom stereocenters. The first kappa shape index (κ1) is 16.8. The predicted molar refractivity (Wildman–Crippen MR) is 73.4 cm³/mol. The van der Waals surface area contributed by atoms with Crippen molar-refractivity contribution in [3.05, 3.63) is 22.0 Å². The minimum Gasteiger partial charge on any atom is -0.346 e. The van der Waals surface area contributed by atoms with Gasteiger partial charge in [0.15, 0.2) is 5.69 Å². The van der Waals surface area contributed by atoms with Crippen LogP contribution in [0, 0.1) is 15.5 Å². The molecule has 0 aromatic carbocycles. The first-order chi connectivity index (χ1) is 10.3. The standard InChI is InChI=1S/C11H17N3O7S/c1-3-11(7-21-22(2,17)18)5-19-10(20-6-11)9-8(14(15)16)4-12-13-9/h4,10H,3,5-7H2,1-2H3,(H,12,13). The van der Waals surface area contributed by atoms with Gasteiger partial charge >= 0.3 is 5.69 Å². The van der Waals surface area contributed by atoms with E-state index in [1.54, 1.807) is 0 Å². The number of nitrogens with zero attached hydrogens (tertiary/aromatic N) is 2. The van der Waals surface area contributed by atoms with E-state index in [9.17, 15) is 18.5 Å². The molecule has 0 saturated carbocycles. The Bertz CT molecular complexity index is 634. The molecule has 0 radical (unpaired) electrons. The Morgan fingerprint density at radius 2 is 2.18 bits per heavy atom. The average Bonchev–Trinajstić information content (AvgIpc) is 2.94. The highest BCUT2D eigenvalue weighted by atomic mass is 32.2. The largest absolute Gasteiger partial charge is 0.346 e. The van der Waals surface area contributed by atoms with Gasteiger partial charge in [-0.2, -0.15) is 13.5 Å². The maximum Gasteiger partial charge on any atom is 0.315 e. The lowest BCUT2D eigenvalue weighted by atomic mass is 9.87. The minimum atomic E-state index is -3.56. The molecule has 1 aliphatic heterocycles. The summed E-state index contributed by atoms with van der Waals surface area (Å²) in [6.07, 6.45) is 1.68. The van der Waals surface area contributed by atoms with E-state index in [0.717, 1.165) is 12.5 Å². The first-order valence-corrected chi connectivity index (χ1v) is 8.33. The first-order valence-electron chi connectivity index (χ1n) is 6.51. The molecule has 11 heteroatoms. The summed E-state index contributed by atoms with van der Waals surface area (Å²) >= 11 is 0. The number of hydrogen-bond acceptors (Lipinski definition) is 8. The number of hydrogen-bond donors (Lipinski definition) is 1. The van der Waals surface area contributed by atoms with E-state index in [-0.39, 0.29) is 31.2 Å². The maximum atomic E-state index is 11.1. The fraction of sp³-hybridized carbons (Fsp3) is 0.727. The van der Waals surface area contributed by atoms with Gasteiger partial charge in [-0.05, 0) is 6.42 Å². The molecule has 1 aromatic heterocycles. The fourth-order valence-corrected chi connectivity index (χ4v) is 2.46. The second kappa shape index (κ2) is 6.28. The van der Waals surface area contributed by atoms with E-state index in [4.69, 9.17) is 13.7 Å². The van der Waals surface area contributed by atoms with Crippen LogP contribution >= 0.6 is 0 Å². The summed E-state index contributed by atoms with van der Waals surface area (Å²) in [4.78, 5) is 10.3. The molecule has 1 saturated heterocycles. The number of aromatic amines is 1. The van der Waals surface area contributed by atoms with Crippen molar-refractivity contribution in [2.45, 2.75) is 19.6 Å². The lowest BCUT2D eigenvalue weighted by Gasteiger charge is -2.38. The van der Waals surface area contributed by atoms with Crippen LogP contribution in [0.5, 0.6) is 0 Å². The predicted octanol–water partition coefficient (Wildman–Crippen LogP) is 0.736. The third-order valence-corrected chi connectivity index (χ3v) is 4.04. The van der Waals surface area contributed by atoms with E-state index >= 15 is 0 Å². The summed E-state index contributed by atoms with van der Waals surface area (Å²) in [6, 6.07) is 0. The number of nitro groups is 1. The van der Waals surface area contributed by atoms with Gasteiger partial charge in [0.05, 0.1) is 31.0 Å². The molecule has 0 atom stereocenters. The Morgan fingerprint density at radius 1 is 1.55 bits per heavy atom. The van der Waals surface area contributed by atoms with Crippen molar-refractivity contribution >= 4 is 15.8 Å². The van der Waals surface area contributed by atoms with E-state index < -0.39 is 26.7 Å². The quantitative estimate of drug-likeness (QED) is 0.457. The molecule has 1 aromatic rings. The van der Waals surface area contributed by atoms with Crippen LogP contribution in [0.15, 0.2) is 6.20 Å². The highest BCUT2D eigenvalue weighted by molar-refractivity contribution is 7.85. The van der Waals surface area contributed by atoms with Crippen molar-refractivity contribution in [2.75, 3.05) is 26.1 Å². The summed E-state index contributed by atoms with van der Waals surface area (Å²) < 4.78 is 38.1. The van der Waals surface area contributed by atoms with Crippen LogP contribution in [0.25, 0.3) is 0 Å². The molecule has 2 heterocycles. The van der Waals surface area contributed by atoms with Gasteiger partial charge < -0.3 is 9.47 Å². The number of nitrogens with one attached hydrogen (secondary N) is 1. The Balaban J connectivity index is 2.04. The van der Waals surface area contributed by atoms with Crippen LogP contribution in [-0.4, -0.2) is 49.6 Å². The summed E-state index contributed by atoms with van der Waals surface area (Å²) in [5, 5.41) is 17.0. The van der Waals surface area contributed by atoms with Crippen molar-refractivity contribution in [2.24, 2.45) is 5.41 Å². The molecular formula is C11H17N3O7S. The van der Waals surface area contributed by atoms with Gasteiger partial charge in [0.1, 0.15) is 6.20 Å². The summed E-state index contributed by atoms with van der Waals surface area (Å²) in [5.74, 6) is 0. The number of aromatic nitrogens is 2. The maximum absolute atomic E-state index is 11.1. The molecular weight excluding hydrogens is 318 g/mol. The van der Waals surface area contributed by atoms with Crippen LogP contribution in [0.4, 0.5) is 5.69 Å². The monoisotopic (exact) mass is 335 g/mol. The van der Waals surface area contributed by atoms with Crippen LogP contribution in [0.1, 0.15) is 25.3 Å². The topological polar surface area (TPSA) is 134 Å². The van der Waals surface area contributed by atoms with Crippen LogP contribution in [0.2, 0.25) is 0 Å². The lowest BCUT2D eigenvalue weighted by molar-refractivity contribution is -0.388. The Hall–Kier alpha value is -1.56. The zero-order valence-corrected chi connectivity index (χ0v) is 13.0. The second-order valence-corrected chi connectivity index (χ2v) is 6.84. The second-order valence-electron chi connectivity index (χ2n) is 5.20. The molecule has 10 nitrogen and oxygen atoms in total. The van der Waals surface area contributed by atoms with Crippen LogP contribution in [0.3, 0.4) is 0 Å². The minimum absolute atomic E-state index is 0.0693. The molecule has 0 amide bonds. The van der Waals surface area contributed by atoms with Crippen molar-refractivity contribution < 1.29 is 27.0 Å². The van der Waals surface area contributed by atoms with Gasteiger partial charge in [0, 0.05) is 5.41 Å². The van der Waals surface area contributed by atoms with Crippen LogP contribution in [-0.2, 0) is 23.8 Å². The highest BCUT2D eigenvalue weighted by Crippen LogP contribution is 2.36. The van der Waals surface area contributed by atoms with Crippen molar-refractivity contribution in [3.8, 4) is 0 Å². The molecule has 0 aliphatic carbocycles. The zero-order chi connectivity index (χ0) is 16.4. The molecule has 22 heavy (non-hydrogen) atoms. The highest BCUT2D eigenvalue weighted by Gasteiger charge is 2.39. The SMILES string of the molecule is CCC1(COS(C)(=O)=O)COC(c2[nH]ncc2[N+](=O)[O-])OC1. The van der Waals surface area contributed by atoms with Gasteiger partial charge in [-0.25, -0.2) is 0 Å². The van der Waals surface area contributed by atoms with Gasteiger partial charge in [-0.15, -0.1) is 0 Å². The molecule has 0 bridgehead atoms. The summed E-state index contributed by atoms with van der Waals surface area (Å²) in [7, 11) is -3.56. The number of rotatable bonds is 6. The third kappa shape index (κ3) is 3.80. The zero-order valence-electron chi connectivity index (χ0n) is 12.1. The normalized spacial score (nSPS) is 26.0. The van der Waals surface area contributed by atoms with Gasteiger partial charge in [-0.1, -0.05) is 6.92 Å². The van der Waals surface area contributed by atoms with Crippen molar-refractivity contribution in [1.29, 1.82) is 0 Å². The van der Waals surface area contributed by atoms with Crippen molar-refractivity contribution in [3.63, 3.8) is 0 Å². The van der Waals surface area contributed by atoms with Gasteiger partial charge in [0.25, 0.3) is 10.1 Å². The fourth-order valence-electron chi connectivity index (χ4n) is 1.99. The Labute approximate surface area is 127 Å². The number of H-pyrrole nitrogens is 1. The van der Waals surface area contributed by atoms with E-state index in [2.05, 4.69) is 10.2 Å². The molecule has 124 valence electrons. The Morgan fingerprint density at radius 3 is 2.68 bits per heavy atom. The molecule has 1 fully saturated rings. The van der Waals surface area contributed by atoms with Crippen LogP contribution < -0.4 is 0 Å². The molecule has 1 aliphatic rings. The average molecular weight is 335 g/mol. The van der Waals surface area contributed by atoms with E-state index in [1.165, 1.54) is 0 Å². The lowest BCUT2D eigenvalue weighted by Crippen LogP contribution is -2.42. The van der Waals surface area contributed by atoms with E-state index in [1.807, 2.05) is 6.92 Å².